The Hall–Kier alpha value is -3.52. The molecule has 174 valence electrons. The third-order valence-corrected chi connectivity index (χ3v) is 5.93. The molecule has 2 aromatic carbocycles. The van der Waals surface area contributed by atoms with Gasteiger partial charge in [0.05, 0.1) is 31.4 Å². The summed E-state index contributed by atoms with van der Waals surface area (Å²) >= 11 is 0. The second-order valence-corrected chi connectivity index (χ2v) is 7.98. The van der Waals surface area contributed by atoms with E-state index < -0.39 is 17.7 Å². The van der Waals surface area contributed by atoms with Crippen molar-refractivity contribution in [3.63, 3.8) is 0 Å². The first-order valence-electron chi connectivity index (χ1n) is 10.9. The maximum absolute atomic E-state index is 13.1. The number of ether oxygens (including phenoxy) is 3. The van der Waals surface area contributed by atoms with E-state index in [4.69, 9.17) is 14.2 Å². The number of Topliss-reactive ketones (excluding diaryl/α,β-unsaturated/α-hetero) is 1. The number of likely N-dealkylation sites (tertiary alicyclic amines) is 1. The number of aromatic hydroxyl groups is 1. The molecule has 4 rings (SSSR count). The molecule has 8 nitrogen and oxygen atoms in total. The number of hydrogen-bond donors (Lipinski definition) is 2. The average molecular weight is 453 g/mol. The number of amides is 1. The first kappa shape index (κ1) is 22.7. The summed E-state index contributed by atoms with van der Waals surface area (Å²) in [6.45, 7) is 2.95. The molecule has 2 aromatic rings. The Morgan fingerprint density at radius 2 is 1.94 bits per heavy atom. The first-order valence-corrected chi connectivity index (χ1v) is 10.9. The lowest BCUT2D eigenvalue weighted by Gasteiger charge is -2.28. The van der Waals surface area contributed by atoms with E-state index in [1.165, 1.54) is 18.1 Å². The molecule has 2 aliphatic heterocycles. The number of rotatable bonds is 7. The Bertz CT molecular complexity index is 1070. The van der Waals surface area contributed by atoms with Crippen LogP contribution in [-0.4, -0.2) is 59.8 Å². The normalized spacial score (nSPS) is 22.1. The van der Waals surface area contributed by atoms with Crippen LogP contribution in [0.3, 0.4) is 0 Å². The number of aliphatic hydroxyl groups is 1. The molecular formula is C25H27NO7. The zero-order chi connectivity index (χ0) is 23.5. The second-order valence-electron chi connectivity index (χ2n) is 7.98. The molecule has 0 bridgehead atoms. The number of benzene rings is 2. The monoisotopic (exact) mass is 453 g/mol. The summed E-state index contributed by atoms with van der Waals surface area (Å²) in [5, 5.41) is 21.3. The van der Waals surface area contributed by atoms with Crippen molar-refractivity contribution >= 4 is 17.4 Å². The summed E-state index contributed by atoms with van der Waals surface area (Å²) in [6.07, 6.45) is 1.49. The third-order valence-electron chi connectivity index (χ3n) is 5.93. The van der Waals surface area contributed by atoms with E-state index >= 15 is 0 Å². The van der Waals surface area contributed by atoms with Crippen molar-refractivity contribution in [3.8, 4) is 17.2 Å². The van der Waals surface area contributed by atoms with Crippen LogP contribution in [0.1, 0.15) is 36.9 Å². The van der Waals surface area contributed by atoms with Crippen LogP contribution in [0.25, 0.3) is 5.76 Å². The Morgan fingerprint density at radius 1 is 1.18 bits per heavy atom. The predicted molar refractivity (Wildman–Crippen MR) is 120 cm³/mol. The quantitative estimate of drug-likeness (QED) is 0.376. The number of phenolic OH excluding ortho intramolecular Hbond substituents is 1. The molecule has 2 aliphatic rings. The van der Waals surface area contributed by atoms with Crippen LogP contribution in [0, 0.1) is 0 Å². The highest BCUT2D eigenvalue weighted by Crippen LogP contribution is 2.42. The standard InChI is InChI=1S/C25H27NO7/c1-3-32-20-13-16(8-11-19(20)27)22-21(23(28)15-6-9-17(31-2)10-7-15)24(29)25(30)26(22)14-18-5-4-12-33-18/h6-11,13,18,22,27-28H,3-5,12,14H2,1-2H3/t18-,22+/m1/s1. The lowest BCUT2D eigenvalue weighted by atomic mass is 9.94. The molecule has 0 radical (unpaired) electrons. The van der Waals surface area contributed by atoms with Gasteiger partial charge in [0.15, 0.2) is 11.5 Å². The highest BCUT2D eigenvalue weighted by atomic mass is 16.5. The largest absolute Gasteiger partial charge is 0.507 e. The number of carbonyl (C=O) groups excluding carboxylic acids is 2. The van der Waals surface area contributed by atoms with Gasteiger partial charge in [0.1, 0.15) is 11.5 Å². The number of carbonyl (C=O) groups is 2. The van der Waals surface area contributed by atoms with Crippen molar-refractivity contribution in [3.05, 3.63) is 59.2 Å². The molecule has 0 saturated carbocycles. The van der Waals surface area contributed by atoms with Gasteiger partial charge in [-0.3, -0.25) is 9.59 Å². The highest BCUT2D eigenvalue weighted by molar-refractivity contribution is 6.46. The SMILES string of the molecule is CCOc1cc([C@H]2C(=C(O)c3ccc(OC)cc3)C(=O)C(=O)N2C[C@H]2CCCO2)ccc1O. The summed E-state index contributed by atoms with van der Waals surface area (Å²) in [5.41, 5.74) is 0.916. The first-order chi connectivity index (χ1) is 15.9. The Kier molecular flexibility index (Phi) is 6.55. The van der Waals surface area contributed by atoms with Gasteiger partial charge in [-0.25, -0.2) is 0 Å². The summed E-state index contributed by atoms with van der Waals surface area (Å²) in [5.74, 6) is -0.952. The molecular weight excluding hydrogens is 426 g/mol. The molecule has 33 heavy (non-hydrogen) atoms. The molecule has 2 heterocycles. The van der Waals surface area contributed by atoms with E-state index in [0.29, 0.717) is 30.1 Å². The van der Waals surface area contributed by atoms with E-state index in [2.05, 4.69) is 0 Å². The van der Waals surface area contributed by atoms with Crippen molar-refractivity contribution in [1.29, 1.82) is 0 Å². The van der Waals surface area contributed by atoms with Crippen LogP contribution in [0.4, 0.5) is 0 Å². The van der Waals surface area contributed by atoms with Crippen LogP contribution in [0.15, 0.2) is 48.0 Å². The number of aliphatic hydroxyl groups excluding tert-OH is 1. The highest BCUT2D eigenvalue weighted by Gasteiger charge is 2.47. The van der Waals surface area contributed by atoms with Crippen LogP contribution in [0.5, 0.6) is 17.2 Å². The minimum atomic E-state index is -0.851. The van der Waals surface area contributed by atoms with Gasteiger partial charge in [-0.05, 0) is 61.7 Å². The molecule has 1 amide bonds. The molecule has 8 heteroatoms. The number of nitrogens with zero attached hydrogens (tertiary/aromatic N) is 1. The summed E-state index contributed by atoms with van der Waals surface area (Å²) in [7, 11) is 1.53. The number of hydrogen-bond acceptors (Lipinski definition) is 7. The second kappa shape index (κ2) is 9.54. The fraction of sp³-hybridized carbons (Fsp3) is 0.360. The van der Waals surface area contributed by atoms with Crippen LogP contribution in [0.2, 0.25) is 0 Å². The van der Waals surface area contributed by atoms with Gasteiger partial charge >= 0.3 is 0 Å². The molecule has 0 aliphatic carbocycles. The summed E-state index contributed by atoms with van der Waals surface area (Å²) in [4.78, 5) is 27.6. The minimum Gasteiger partial charge on any atom is -0.507 e. The maximum Gasteiger partial charge on any atom is 0.295 e. The topological polar surface area (TPSA) is 106 Å². The van der Waals surface area contributed by atoms with Gasteiger partial charge in [0, 0.05) is 18.7 Å². The van der Waals surface area contributed by atoms with E-state index in [0.717, 1.165) is 12.8 Å². The van der Waals surface area contributed by atoms with E-state index in [9.17, 15) is 19.8 Å². The summed E-state index contributed by atoms with van der Waals surface area (Å²) in [6, 6.07) is 10.4. The molecule has 0 spiro atoms. The van der Waals surface area contributed by atoms with Gasteiger partial charge in [0.2, 0.25) is 0 Å². The van der Waals surface area contributed by atoms with E-state index in [1.54, 1.807) is 43.3 Å². The van der Waals surface area contributed by atoms with Crippen LogP contribution >= 0.6 is 0 Å². The fourth-order valence-corrected chi connectivity index (χ4v) is 4.30. The smallest absolute Gasteiger partial charge is 0.295 e. The van der Waals surface area contributed by atoms with Crippen molar-refractivity contribution in [2.24, 2.45) is 0 Å². The zero-order valence-corrected chi connectivity index (χ0v) is 18.6. The van der Waals surface area contributed by atoms with Gasteiger partial charge in [0.25, 0.3) is 11.7 Å². The van der Waals surface area contributed by atoms with Crippen LogP contribution < -0.4 is 9.47 Å². The summed E-state index contributed by atoms with van der Waals surface area (Å²) < 4.78 is 16.4. The average Bonchev–Trinajstić information content (AvgIpc) is 3.43. The predicted octanol–water partition coefficient (Wildman–Crippen LogP) is 3.40. The molecule has 0 aromatic heterocycles. The third kappa shape index (κ3) is 4.39. The Morgan fingerprint density at radius 3 is 2.58 bits per heavy atom. The maximum atomic E-state index is 13.1. The zero-order valence-electron chi connectivity index (χ0n) is 18.6. The van der Waals surface area contributed by atoms with Crippen molar-refractivity contribution in [2.45, 2.75) is 31.9 Å². The number of phenols is 1. The van der Waals surface area contributed by atoms with Crippen LogP contribution in [-0.2, 0) is 14.3 Å². The lowest BCUT2D eigenvalue weighted by Crippen LogP contribution is -2.36. The number of methoxy groups -OCH3 is 1. The molecule has 2 fully saturated rings. The molecule has 2 N–H and O–H groups in total. The molecule has 0 unspecified atom stereocenters. The van der Waals surface area contributed by atoms with Gasteiger partial charge in [-0.2, -0.15) is 0 Å². The number of ketones is 1. The van der Waals surface area contributed by atoms with Crippen molar-refractivity contribution in [1.82, 2.24) is 4.90 Å². The van der Waals surface area contributed by atoms with Crippen molar-refractivity contribution < 1.29 is 34.0 Å². The Labute approximate surface area is 192 Å². The fourth-order valence-electron chi connectivity index (χ4n) is 4.30. The minimum absolute atomic E-state index is 0.0173. The van der Waals surface area contributed by atoms with E-state index in [-0.39, 0.29) is 35.5 Å². The molecule has 2 saturated heterocycles. The van der Waals surface area contributed by atoms with Gasteiger partial charge < -0.3 is 29.3 Å². The van der Waals surface area contributed by atoms with Gasteiger partial charge in [-0.15, -0.1) is 0 Å². The lowest BCUT2D eigenvalue weighted by molar-refractivity contribution is -0.140. The van der Waals surface area contributed by atoms with E-state index in [1.807, 2.05) is 0 Å². The molecule has 2 atom stereocenters. The van der Waals surface area contributed by atoms with Gasteiger partial charge in [-0.1, -0.05) is 6.07 Å². The van der Waals surface area contributed by atoms with Crippen molar-refractivity contribution in [2.75, 3.05) is 26.9 Å². The Balaban J connectivity index is 1.83.